The van der Waals surface area contributed by atoms with Gasteiger partial charge < -0.3 is 9.88 Å². The largest absolute Gasteiger partial charge is 0.357 e. The van der Waals surface area contributed by atoms with Gasteiger partial charge in [-0.2, -0.15) is 0 Å². The van der Waals surface area contributed by atoms with Crippen LogP contribution in [0.15, 0.2) is 23.7 Å². The minimum atomic E-state index is 0.1000. The first-order valence-electron chi connectivity index (χ1n) is 6.59. The average molecular weight is 275 g/mol. The Kier molecular flexibility index (Phi) is 3.38. The normalized spacial score (nSPS) is 19.6. The maximum Gasteiger partial charge on any atom is 0.270 e. The van der Waals surface area contributed by atoms with Crippen LogP contribution in [0.25, 0.3) is 0 Å². The van der Waals surface area contributed by atoms with Crippen molar-refractivity contribution in [1.82, 2.24) is 14.9 Å². The number of aryl methyl sites for hydroxylation is 1. The summed E-state index contributed by atoms with van der Waals surface area (Å²) in [6.45, 7) is 3.65. The number of likely N-dealkylation sites (tertiary alicyclic amines) is 1. The number of hydrogen-bond acceptors (Lipinski definition) is 3. The highest BCUT2D eigenvalue weighted by Crippen LogP contribution is 2.29. The second-order valence-corrected chi connectivity index (χ2v) is 5.89. The number of thiazole rings is 1. The first-order chi connectivity index (χ1) is 9.24. The Bertz CT molecular complexity index is 561. The van der Waals surface area contributed by atoms with Gasteiger partial charge in [0.25, 0.3) is 5.91 Å². The fraction of sp³-hybridized carbons (Fsp3) is 0.429. The van der Waals surface area contributed by atoms with Crippen molar-refractivity contribution in [2.75, 3.05) is 13.1 Å². The second kappa shape index (κ2) is 5.17. The van der Waals surface area contributed by atoms with Gasteiger partial charge in [0.1, 0.15) is 5.69 Å². The summed E-state index contributed by atoms with van der Waals surface area (Å²) in [6.07, 6.45) is 3.97. The van der Waals surface area contributed by atoms with Crippen LogP contribution in [-0.4, -0.2) is 33.9 Å². The Labute approximate surface area is 116 Å². The van der Waals surface area contributed by atoms with Gasteiger partial charge in [0, 0.05) is 36.3 Å². The number of nitrogens with zero attached hydrogens (tertiary/aromatic N) is 2. The molecule has 1 unspecified atom stereocenters. The van der Waals surface area contributed by atoms with Crippen LogP contribution in [0.4, 0.5) is 0 Å². The van der Waals surface area contributed by atoms with Crippen molar-refractivity contribution in [2.45, 2.75) is 25.7 Å². The van der Waals surface area contributed by atoms with Crippen LogP contribution >= 0.6 is 11.3 Å². The van der Waals surface area contributed by atoms with Crippen molar-refractivity contribution in [3.05, 3.63) is 40.1 Å². The lowest BCUT2D eigenvalue weighted by Gasteiger charge is -2.31. The van der Waals surface area contributed by atoms with Crippen LogP contribution in [0.3, 0.4) is 0 Å². The Morgan fingerprint density at radius 3 is 3.16 bits per heavy atom. The third-order valence-electron chi connectivity index (χ3n) is 3.52. The van der Waals surface area contributed by atoms with E-state index >= 15 is 0 Å². The van der Waals surface area contributed by atoms with Crippen molar-refractivity contribution >= 4 is 17.2 Å². The van der Waals surface area contributed by atoms with E-state index in [0.29, 0.717) is 11.6 Å². The van der Waals surface area contributed by atoms with Gasteiger partial charge in [-0.15, -0.1) is 11.3 Å². The minimum Gasteiger partial charge on any atom is -0.357 e. The Morgan fingerprint density at radius 2 is 2.47 bits per heavy atom. The molecule has 0 aliphatic carbocycles. The predicted molar refractivity (Wildman–Crippen MR) is 75.5 cm³/mol. The van der Waals surface area contributed by atoms with Gasteiger partial charge >= 0.3 is 0 Å². The maximum atomic E-state index is 12.3. The smallest absolute Gasteiger partial charge is 0.270 e. The van der Waals surface area contributed by atoms with Crippen LogP contribution in [0.1, 0.15) is 39.9 Å². The molecular formula is C14H17N3OS. The van der Waals surface area contributed by atoms with Crippen LogP contribution in [0, 0.1) is 6.92 Å². The lowest BCUT2D eigenvalue weighted by Crippen LogP contribution is -2.39. The summed E-state index contributed by atoms with van der Waals surface area (Å²) in [4.78, 5) is 21.8. The first kappa shape index (κ1) is 12.4. The van der Waals surface area contributed by atoms with Gasteiger partial charge in [-0.3, -0.25) is 4.79 Å². The van der Waals surface area contributed by atoms with Crippen LogP contribution in [0.2, 0.25) is 0 Å². The first-order valence-corrected chi connectivity index (χ1v) is 7.46. The van der Waals surface area contributed by atoms with E-state index < -0.39 is 0 Å². The number of aromatic amines is 1. The predicted octanol–water partition coefficient (Wildman–Crippen LogP) is 2.80. The Hall–Kier alpha value is -1.62. The molecule has 1 fully saturated rings. The van der Waals surface area contributed by atoms with Gasteiger partial charge in [-0.25, -0.2) is 4.98 Å². The van der Waals surface area contributed by atoms with E-state index in [-0.39, 0.29) is 5.91 Å². The van der Waals surface area contributed by atoms with Crippen molar-refractivity contribution in [1.29, 1.82) is 0 Å². The van der Waals surface area contributed by atoms with Crippen LogP contribution in [0.5, 0.6) is 0 Å². The van der Waals surface area contributed by atoms with E-state index in [1.54, 1.807) is 17.5 Å². The molecule has 1 saturated heterocycles. The summed E-state index contributed by atoms with van der Waals surface area (Å²) in [7, 11) is 0. The zero-order valence-electron chi connectivity index (χ0n) is 10.9. The summed E-state index contributed by atoms with van der Waals surface area (Å²) in [5.74, 6) is 0.495. The lowest BCUT2D eigenvalue weighted by atomic mass is 9.98. The summed E-state index contributed by atoms with van der Waals surface area (Å²) in [6, 6.07) is 3.69. The minimum absolute atomic E-state index is 0.1000. The molecule has 2 aromatic rings. The molecule has 1 N–H and O–H groups in total. The van der Waals surface area contributed by atoms with Crippen molar-refractivity contribution in [3.8, 4) is 0 Å². The molecule has 0 radical (unpaired) electrons. The van der Waals surface area contributed by atoms with Crippen molar-refractivity contribution in [3.63, 3.8) is 0 Å². The molecule has 3 heterocycles. The number of amides is 1. The fourth-order valence-electron chi connectivity index (χ4n) is 2.56. The summed E-state index contributed by atoms with van der Waals surface area (Å²) in [5.41, 5.74) is 1.75. The van der Waals surface area contributed by atoms with Crippen LogP contribution in [-0.2, 0) is 0 Å². The molecule has 5 heteroatoms. The number of hydrogen-bond donors (Lipinski definition) is 1. The third kappa shape index (κ3) is 2.56. The Morgan fingerprint density at radius 1 is 1.58 bits per heavy atom. The van der Waals surface area contributed by atoms with Crippen LogP contribution < -0.4 is 0 Å². The Balaban J connectivity index is 1.73. The average Bonchev–Trinajstić information content (AvgIpc) is 3.09. The molecule has 0 aromatic carbocycles. The van der Waals surface area contributed by atoms with E-state index in [1.807, 2.05) is 24.0 Å². The molecule has 0 spiro atoms. The van der Waals surface area contributed by atoms with Crippen molar-refractivity contribution < 1.29 is 4.79 Å². The number of aromatic nitrogens is 2. The van der Waals surface area contributed by atoms with Gasteiger partial charge in [0.05, 0.1) is 5.01 Å². The molecule has 1 amide bonds. The van der Waals surface area contributed by atoms with E-state index in [1.165, 1.54) is 5.01 Å². The van der Waals surface area contributed by atoms with Gasteiger partial charge in [-0.05, 0) is 31.9 Å². The lowest BCUT2D eigenvalue weighted by molar-refractivity contribution is 0.0702. The third-order valence-corrected chi connectivity index (χ3v) is 4.65. The molecule has 4 nitrogen and oxygen atoms in total. The molecule has 2 aromatic heterocycles. The maximum absolute atomic E-state index is 12.3. The van der Waals surface area contributed by atoms with E-state index in [0.717, 1.165) is 31.6 Å². The topological polar surface area (TPSA) is 49.0 Å². The molecule has 19 heavy (non-hydrogen) atoms. The quantitative estimate of drug-likeness (QED) is 0.916. The fourth-order valence-corrected chi connectivity index (χ4v) is 3.48. The molecule has 1 aliphatic heterocycles. The second-order valence-electron chi connectivity index (χ2n) is 5.00. The number of H-pyrrole nitrogens is 1. The highest BCUT2D eigenvalue weighted by atomic mass is 32.1. The molecule has 100 valence electrons. The van der Waals surface area contributed by atoms with E-state index in [9.17, 15) is 4.79 Å². The van der Waals surface area contributed by atoms with E-state index in [4.69, 9.17) is 0 Å². The van der Waals surface area contributed by atoms with E-state index in [2.05, 4.69) is 15.3 Å². The monoisotopic (exact) mass is 275 g/mol. The number of nitrogens with one attached hydrogen (secondary N) is 1. The molecule has 0 saturated carbocycles. The SMILES string of the molecule is Cc1csc(C2CCCN(C(=O)c3ccc[nH]3)C2)n1. The van der Waals surface area contributed by atoms with Gasteiger partial charge in [-0.1, -0.05) is 0 Å². The molecule has 3 rings (SSSR count). The summed E-state index contributed by atoms with van der Waals surface area (Å²) >= 11 is 1.71. The van der Waals surface area contributed by atoms with Gasteiger partial charge in [0.15, 0.2) is 0 Å². The summed E-state index contributed by atoms with van der Waals surface area (Å²) < 4.78 is 0. The zero-order valence-corrected chi connectivity index (χ0v) is 11.7. The highest BCUT2D eigenvalue weighted by molar-refractivity contribution is 7.09. The summed E-state index contributed by atoms with van der Waals surface area (Å²) in [5, 5.41) is 3.25. The molecule has 0 bridgehead atoms. The standard InChI is InChI=1S/C14H17N3OS/c1-10-9-19-13(16-10)11-4-3-7-17(8-11)14(18)12-5-2-6-15-12/h2,5-6,9,11,15H,3-4,7-8H2,1H3. The molecule has 1 atom stereocenters. The number of carbonyl (C=O) groups excluding carboxylic acids is 1. The van der Waals surface area contributed by atoms with Crippen molar-refractivity contribution in [2.24, 2.45) is 0 Å². The number of carbonyl (C=O) groups is 1. The molecule has 1 aliphatic rings. The highest BCUT2D eigenvalue weighted by Gasteiger charge is 2.27. The number of piperidine rings is 1. The van der Waals surface area contributed by atoms with Gasteiger partial charge in [0.2, 0.25) is 0 Å². The number of rotatable bonds is 2. The zero-order chi connectivity index (χ0) is 13.2. The molecular weight excluding hydrogens is 258 g/mol.